The zero-order chi connectivity index (χ0) is 18.8. The van der Waals surface area contributed by atoms with Crippen LogP contribution >= 0.6 is 0 Å². The third kappa shape index (κ3) is 3.98. The fourth-order valence-electron chi connectivity index (χ4n) is 2.24. The van der Waals surface area contributed by atoms with Crippen molar-refractivity contribution in [2.24, 2.45) is 0 Å². The van der Waals surface area contributed by atoms with E-state index in [0.717, 1.165) is 18.9 Å². The Labute approximate surface area is 147 Å². The van der Waals surface area contributed by atoms with Gasteiger partial charge in [0, 0.05) is 12.3 Å². The van der Waals surface area contributed by atoms with Gasteiger partial charge in [-0.25, -0.2) is 18.0 Å². The van der Waals surface area contributed by atoms with Gasteiger partial charge in [-0.1, -0.05) is 0 Å². The molecule has 1 aliphatic carbocycles. The second-order valence-corrected chi connectivity index (χ2v) is 6.03. The normalized spacial score (nSPS) is 13.4. The summed E-state index contributed by atoms with van der Waals surface area (Å²) in [6.07, 6.45) is 1.98. The molecule has 0 radical (unpaired) electrons. The van der Waals surface area contributed by atoms with E-state index in [1.807, 2.05) is 0 Å². The highest BCUT2D eigenvalue weighted by atomic mass is 19.1. The molecule has 1 fully saturated rings. The van der Waals surface area contributed by atoms with Crippen molar-refractivity contribution in [1.82, 2.24) is 4.98 Å². The highest BCUT2D eigenvalue weighted by molar-refractivity contribution is 5.90. The molecule has 0 aliphatic heterocycles. The van der Waals surface area contributed by atoms with E-state index in [9.17, 15) is 18.0 Å². The molecule has 4 N–H and O–H groups in total. The lowest BCUT2D eigenvalue weighted by molar-refractivity contribution is 0.154. The summed E-state index contributed by atoms with van der Waals surface area (Å²) in [5, 5.41) is 4.66. The van der Waals surface area contributed by atoms with Crippen LogP contribution in [0, 0.1) is 24.4 Å². The average molecular weight is 366 g/mol. The summed E-state index contributed by atoms with van der Waals surface area (Å²) >= 11 is 0. The number of ether oxygens (including phenoxy) is 1. The Kier molecular flexibility index (Phi) is 4.88. The van der Waals surface area contributed by atoms with Gasteiger partial charge >= 0.3 is 6.09 Å². The van der Waals surface area contributed by atoms with Crippen LogP contribution in [0.3, 0.4) is 0 Å². The van der Waals surface area contributed by atoms with Gasteiger partial charge in [-0.15, -0.1) is 0 Å². The number of carbonyl (C=O) groups is 1. The smallest absolute Gasteiger partial charge is 0.411 e. The van der Waals surface area contributed by atoms with Crippen molar-refractivity contribution >= 4 is 23.2 Å². The van der Waals surface area contributed by atoms with Gasteiger partial charge in [0.25, 0.3) is 0 Å². The van der Waals surface area contributed by atoms with Crippen molar-refractivity contribution in [1.29, 1.82) is 0 Å². The number of hydrogen-bond acceptors (Lipinski definition) is 5. The average Bonchev–Trinajstić information content (AvgIpc) is 3.37. The lowest BCUT2D eigenvalue weighted by atomic mass is 10.2. The number of anilines is 3. The largest absolute Gasteiger partial charge is 0.446 e. The molecule has 138 valence electrons. The molecule has 3 rings (SSSR count). The van der Waals surface area contributed by atoms with Crippen LogP contribution in [-0.4, -0.2) is 17.2 Å². The minimum absolute atomic E-state index is 0.00295. The van der Waals surface area contributed by atoms with E-state index in [0.29, 0.717) is 5.56 Å². The minimum atomic E-state index is -1.10. The summed E-state index contributed by atoms with van der Waals surface area (Å²) in [6.45, 7) is 1.43. The quantitative estimate of drug-likeness (QED) is 0.702. The van der Waals surface area contributed by atoms with Crippen molar-refractivity contribution < 1.29 is 22.7 Å². The van der Waals surface area contributed by atoms with Gasteiger partial charge < -0.3 is 15.8 Å². The number of halogens is 3. The molecule has 2 aromatic rings. The van der Waals surface area contributed by atoms with E-state index in [2.05, 4.69) is 15.6 Å². The summed E-state index contributed by atoms with van der Waals surface area (Å²) in [4.78, 5) is 15.5. The zero-order valence-electron chi connectivity index (χ0n) is 13.9. The molecule has 1 aliphatic rings. The van der Waals surface area contributed by atoms with Crippen LogP contribution in [0.5, 0.6) is 0 Å². The number of pyridine rings is 1. The van der Waals surface area contributed by atoms with E-state index < -0.39 is 34.9 Å². The Hall–Kier alpha value is -2.97. The summed E-state index contributed by atoms with van der Waals surface area (Å²) < 4.78 is 47.3. The second kappa shape index (κ2) is 7.11. The molecule has 1 heterocycles. The van der Waals surface area contributed by atoms with E-state index in [4.69, 9.17) is 10.5 Å². The Morgan fingerprint density at radius 1 is 1.31 bits per heavy atom. The number of aryl methyl sites for hydroxylation is 1. The Morgan fingerprint density at radius 2 is 2.04 bits per heavy atom. The first-order valence-electron chi connectivity index (χ1n) is 7.95. The number of hydrogen-bond donors (Lipinski definition) is 3. The molecule has 0 atom stereocenters. The standard InChI is InChI=1S/C17H17F3N4O2/c1-8-4-10(18)13(22-6-8)7-23-16-11(19)5-12(15(21)14(16)20)24-17(25)26-9-2-3-9/h4-6,9,23H,2-3,7,21H2,1H3,(H,24,25). The van der Waals surface area contributed by atoms with Gasteiger partial charge in [0.1, 0.15) is 17.6 Å². The molecular weight excluding hydrogens is 349 g/mol. The van der Waals surface area contributed by atoms with Gasteiger partial charge in [0.2, 0.25) is 0 Å². The number of nitrogens with zero attached hydrogens (tertiary/aromatic N) is 1. The number of rotatable bonds is 5. The van der Waals surface area contributed by atoms with Crippen molar-refractivity contribution in [2.75, 3.05) is 16.4 Å². The highest BCUT2D eigenvalue weighted by Crippen LogP contribution is 2.32. The topological polar surface area (TPSA) is 89.3 Å². The maximum absolute atomic E-state index is 14.4. The summed E-state index contributed by atoms with van der Waals surface area (Å²) in [7, 11) is 0. The minimum Gasteiger partial charge on any atom is -0.446 e. The molecule has 26 heavy (non-hydrogen) atoms. The van der Waals surface area contributed by atoms with E-state index in [1.165, 1.54) is 12.3 Å². The van der Waals surface area contributed by atoms with Gasteiger partial charge in [-0.2, -0.15) is 0 Å². The van der Waals surface area contributed by atoms with Crippen molar-refractivity contribution in [3.8, 4) is 0 Å². The number of nitrogens with one attached hydrogen (secondary N) is 2. The highest BCUT2D eigenvalue weighted by Gasteiger charge is 2.27. The van der Waals surface area contributed by atoms with E-state index in [1.54, 1.807) is 6.92 Å². The van der Waals surface area contributed by atoms with Crippen LogP contribution in [0.25, 0.3) is 0 Å². The van der Waals surface area contributed by atoms with Crippen LogP contribution in [0.2, 0.25) is 0 Å². The number of nitrogen functional groups attached to an aromatic ring is 1. The van der Waals surface area contributed by atoms with Gasteiger partial charge in [0.15, 0.2) is 11.6 Å². The molecule has 6 nitrogen and oxygen atoms in total. The number of aromatic nitrogens is 1. The molecule has 1 amide bonds. The third-order valence-electron chi connectivity index (χ3n) is 3.78. The summed E-state index contributed by atoms with van der Waals surface area (Å²) in [5.74, 6) is -2.68. The van der Waals surface area contributed by atoms with Gasteiger partial charge in [-0.3, -0.25) is 10.3 Å². The molecule has 1 saturated carbocycles. The van der Waals surface area contributed by atoms with E-state index in [-0.39, 0.29) is 24.0 Å². The Balaban J connectivity index is 1.75. The maximum Gasteiger partial charge on any atom is 0.411 e. The predicted octanol–water partition coefficient (Wildman–Crippen LogP) is 3.71. The molecule has 0 unspecified atom stereocenters. The van der Waals surface area contributed by atoms with Crippen molar-refractivity contribution in [2.45, 2.75) is 32.4 Å². The van der Waals surface area contributed by atoms with Crippen LogP contribution in [0.15, 0.2) is 18.3 Å². The number of carbonyl (C=O) groups excluding carboxylic acids is 1. The molecular formula is C17H17F3N4O2. The monoisotopic (exact) mass is 366 g/mol. The first-order chi connectivity index (χ1) is 12.3. The third-order valence-corrected chi connectivity index (χ3v) is 3.78. The molecule has 1 aromatic carbocycles. The number of nitrogens with two attached hydrogens (primary N) is 1. The van der Waals surface area contributed by atoms with Crippen LogP contribution in [-0.2, 0) is 11.3 Å². The molecule has 0 saturated heterocycles. The number of benzene rings is 1. The van der Waals surface area contributed by atoms with Crippen LogP contribution in [0.1, 0.15) is 24.1 Å². The lowest BCUT2D eigenvalue weighted by Crippen LogP contribution is -2.17. The first kappa shape index (κ1) is 17.8. The molecule has 9 heteroatoms. The fraction of sp³-hybridized carbons (Fsp3) is 0.294. The fourth-order valence-corrected chi connectivity index (χ4v) is 2.24. The zero-order valence-corrected chi connectivity index (χ0v) is 13.9. The maximum atomic E-state index is 14.4. The lowest BCUT2D eigenvalue weighted by Gasteiger charge is -2.14. The van der Waals surface area contributed by atoms with Crippen molar-refractivity contribution in [3.63, 3.8) is 0 Å². The SMILES string of the molecule is Cc1cnc(CNc2c(F)cc(NC(=O)OC3CC3)c(N)c2F)c(F)c1. The summed E-state index contributed by atoms with van der Waals surface area (Å²) in [5.41, 5.74) is 5.02. The number of amides is 1. The predicted molar refractivity (Wildman–Crippen MR) is 90.2 cm³/mol. The molecule has 0 bridgehead atoms. The van der Waals surface area contributed by atoms with E-state index >= 15 is 0 Å². The van der Waals surface area contributed by atoms with Crippen LogP contribution < -0.4 is 16.4 Å². The molecule has 1 aromatic heterocycles. The Bertz CT molecular complexity index is 856. The molecule has 0 spiro atoms. The van der Waals surface area contributed by atoms with Gasteiger partial charge in [0.05, 0.1) is 23.6 Å². The van der Waals surface area contributed by atoms with Crippen LogP contribution in [0.4, 0.5) is 35.0 Å². The van der Waals surface area contributed by atoms with Gasteiger partial charge in [-0.05, 0) is 31.4 Å². The second-order valence-electron chi connectivity index (χ2n) is 6.03. The Morgan fingerprint density at radius 3 is 2.69 bits per heavy atom. The first-order valence-corrected chi connectivity index (χ1v) is 7.95. The van der Waals surface area contributed by atoms with Crippen molar-refractivity contribution in [3.05, 3.63) is 47.0 Å². The summed E-state index contributed by atoms with van der Waals surface area (Å²) in [6, 6.07) is 2.14.